The number of furan rings is 1. The summed E-state index contributed by atoms with van der Waals surface area (Å²) in [6, 6.07) is 12.4. The number of anilines is 1. The molecule has 0 radical (unpaired) electrons. The minimum absolute atomic E-state index is 0.0267. The molecule has 3 amide bonds. The van der Waals surface area contributed by atoms with Crippen molar-refractivity contribution in [3.05, 3.63) is 65.4 Å². The molecule has 2 unspecified atom stereocenters. The lowest BCUT2D eigenvalue weighted by atomic mass is 9.90. The van der Waals surface area contributed by atoms with Crippen molar-refractivity contribution in [2.45, 2.75) is 65.8 Å². The number of ether oxygens (including phenoxy) is 2. The number of hydrogen-bond donors (Lipinski definition) is 4. The molecule has 0 bridgehead atoms. The topological polar surface area (TPSA) is 180 Å². The van der Waals surface area contributed by atoms with E-state index >= 15 is 0 Å². The van der Waals surface area contributed by atoms with Gasteiger partial charge in [0.2, 0.25) is 12.3 Å². The molecule has 0 spiro atoms. The van der Waals surface area contributed by atoms with Crippen molar-refractivity contribution in [2.24, 2.45) is 5.92 Å². The number of hydrogen-bond acceptors (Lipinski definition) is 11. The lowest BCUT2D eigenvalue weighted by Crippen LogP contribution is -2.49. The Labute approximate surface area is 305 Å². The molecule has 4 N–H and O–H groups in total. The van der Waals surface area contributed by atoms with Gasteiger partial charge in [0.05, 0.1) is 44.0 Å². The third-order valence-electron chi connectivity index (χ3n) is 8.82. The quantitative estimate of drug-likeness (QED) is 0.0449. The van der Waals surface area contributed by atoms with Crippen LogP contribution in [0, 0.1) is 12.8 Å². The minimum Gasteiger partial charge on any atom is -0.494 e. The maximum Gasteiger partial charge on any atom is 0.363 e. The highest BCUT2D eigenvalue weighted by molar-refractivity contribution is 7.54. The number of nitrogens with zero attached hydrogens (tertiary/aromatic N) is 2. The number of carbonyl (C=O) groups excluding carboxylic acids is 4. The molecular weight excluding hydrogens is 691 g/mol. The van der Waals surface area contributed by atoms with Gasteiger partial charge in [0.1, 0.15) is 11.5 Å². The van der Waals surface area contributed by atoms with Crippen molar-refractivity contribution in [1.82, 2.24) is 15.7 Å². The maximum atomic E-state index is 13.6. The van der Waals surface area contributed by atoms with Gasteiger partial charge in [-0.3, -0.25) is 14.4 Å². The van der Waals surface area contributed by atoms with E-state index in [9.17, 15) is 29.0 Å². The van der Waals surface area contributed by atoms with Crippen LogP contribution in [-0.2, 0) is 19.2 Å². The summed E-state index contributed by atoms with van der Waals surface area (Å²) in [5.74, 6) is -1.74. The van der Waals surface area contributed by atoms with Gasteiger partial charge in [-0.05, 0) is 80.8 Å². The van der Waals surface area contributed by atoms with E-state index in [0.717, 1.165) is 36.7 Å². The molecular formula is C37H49N4O10P. The molecule has 52 heavy (non-hydrogen) atoms. The van der Waals surface area contributed by atoms with Gasteiger partial charge in [0.25, 0.3) is 5.91 Å². The second-order valence-electron chi connectivity index (χ2n) is 12.3. The van der Waals surface area contributed by atoms with E-state index in [0.29, 0.717) is 73.7 Å². The van der Waals surface area contributed by atoms with Crippen molar-refractivity contribution in [1.29, 1.82) is 0 Å². The first-order valence-corrected chi connectivity index (χ1v) is 18.9. The molecule has 0 saturated carbocycles. The zero-order valence-electron chi connectivity index (χ0n) is 30.1. The van der Waals surface area contributed by atoms with E-state index in [1.54, 1.807) is 38.1 Å². The SMILES string of the molecule is CCCCCC(C(=O)NCNC(=O)c1ccc(-c2cc(OCC)cc(P(O)O)c2)o1)C(CC)N(C=O)OC(=O)c1ccc(N2CCOCC2)cc1C. The Hall–Kier alpha value is -4.49. The zero-order chi connectivity index (χ0) is 37.6. The van der Waals surface area contributed by atoms with Crippen molar-refractivity contribution < 1.29 is 47.7 Å². The first-order chi connectivity index (χ1) is 25.1. The number of benzene rings is 2. The van der Waals surface area contributed by atoms with Gasteiger partial charge in [-0.15, -0.1) is 0 Å². The molecule has 15 heteroatoms. The fourth-order valence-electron chi connectivity index (χ4n) is 6.10. The van der Waals surface area contributed by atoms with Crippen LogP contribution in [0.2, 0.25) is 0 Å². The molecule has 1 saturated heterocycles. The van der Waals surface area contributed by atoms with Crippen LogP contribution < -0.4 is 25.6 Å². The summed E-state index contributed by atoms with van der Waals surface area (Å²) >= 11 is 0. The van der Waals surface area contributed by atoms with E-state index in [-0.39, 0.29) is 17.7 Å². The Morgan fingerprint density at radius 1 is 1.02 bits per heavy atom. The molecule has 4 rings (SSSR count). The van der Waals surface area contributed by atoms with Gasteiger partial charge >= 0.3 is 5.97 Å². The number of unbranched alkanes of at least 4 members (excludes halogenated alkanes) is 2. The average molecular weight is 741 g/mol. The summed E-state index contributed by atoms with van der Waals surface area (Å²) in [6.45, 7) is 10.4. The summed E-state index contributed by atoms with van der Waals surface area (Å²) in [5, 5.41) is 6.55. The van der Waals surface area contributed by atoms with E-state index in [1.165, 1.54) is 12.1 Å². The van der Waals surface area contributed by atoms with Crippen molar-refractivity contribution >= 4 is 43.6 Å². The van der Waals surface area contributed by atoms with Crippen LogP contribution in [0.1, 0.15) is 79.4 Å². The molecule has 1 aliphatic heterocycles. The smallest absolute Gasteiger partial charge is 0.363 e. The Kier molecular flexibility index (Phi) is 15.4. The third-order valence-corrected chi connectivity index (χ3v) is 9.54. The van der Waals surface area contributed by atoms with E-state index < -0.39 is 38.1 Å². The number of aryl methyl sites for hydroxylation is 1. The summed E-state index contributed by atoms with van der Waals surface area (Å²) in [6.07, 6.45) is 3.66. The minimum atomic E-state index is -2.38. The normalized spacial score (nSPS) is 14.0. The highest BCUT2D eigenvalue weighted by Crippen LogP contribution is 2.31. The number of rotatable bonds is 19. The fraction of sp³-hybridized carbons (Fsp3) is 0.459. The van der Waals surface area contributed by atoms with Crippen LogP contribution in [0.15, 0.2) is 52.9 Å². The van der Waals surface area contributed by atoms with E-state index in [4.69, 9.17) is 18.7 Å². The second kappa shape index (κ2) is 19.9. The van der Waals surface area contributed by atoms with Crippen molar-refractivity contribution in [3.8, 4) is 17.1 Å². The number of amides is 3. The summed E-state index contributed by atoms with van der Waals surface area (Å²) in [5.41, 5.74) is 2.46. The van der Waals surface area contributed by atoms with Gasteiger partial charge in [0, 0.05) is 29.6 Å². The highest BCUT2D eigenvalue weighted by atomic mass is 31.2. The molecule has 0 aliphatic carbocycles. The first kappa shape index (κ1) is 40.3. The maximum absolute atomic E-state index is 13.6. The van der Waals surface area contributed by atoms with Gasteiger partial charge in [-0.1, -0.05) is 33.1 Å². The van der Waals surface area contributed by atoms with Crippen LogP contribution in [-0.4, -0.2) is 84.7 Å². The monoisotopic (exact) mass is 740 g/mol. The largest absolute Gasteiger partial charge is 0.494 e. The molecule has 14 nitrogen and oxygen atoms in total. The molecule has 282 valence electrons. The zero-order valence-corrected chi connectivity index (χ0v) is 31.0. The third kappa shape index (κ3) is 10.8. The Bertz CT molecular complexity index is 1660. The molecule has 2 atom stereocenters. The number of hydroxylamine groups is 2. The predicted octanol–water partition coefficient (Wildman–Crippen LogP) is 4.42. The molecule has 3 aromatic rings. The Balaban J connectivity index is 1.40. The number of nitrogens with one attached hydrogen (secondary N) is 2. The molecule has 1 fully saturated rings. The molecule has 2 aromatic carbocycles. The summed E-state index contributed by atoms with van der Waals surface area (Å²) in [4.78, 5) is 79.5. The molecule has 2 heterocycles. The van der Waals surface area contributed by atoms with Gasteiger partial charge < -0.3 is 44.0 Å². The van der Waals surface area contributed by atoms with Crippen LogP contribution in [0.4, 0.5) is 5.69 Å². The van der Waals surface area contributed by atoms with Gasteiger partial charge in [-0.2, -0.15) is 5.06 Å². The van der Waals surface area contributed by atoms with Crippen LogP contribution in [0.25, 0.3) is 11.3 Å². The standard InChI is InChI=1S/C37H49N4O10P/c1-5-8-9-10-31(32(6-2)41(24-42)51-37(45)30-12-11-27(19-25(30)4)40-15-17-48-18-16-40)35(43)38-23-39-36(44)34-14-13-33(50-34)26-20-28(49-7-3)22-29(21-26)52(46)47/h11-14,19-22,24,31-32,46-47H,5-10,15-18,23H2,1-4H3,(H,38,43)(H,39,44). The second-order valence-corrected chi connectivity index (χ2v) is 13.4. The highest BCUT2D eigenvalue weighted by Gasteiger charge is 2.34. The first-order valence-electron chi connectivity index (χ1n) is 17.6. The lowest BCUT2D eigenvalue weighted by molar-refractivity contribution is -0.171. The summed E-state index contributed by atoms with van der Waals surface area (Å²) in [7, 11) is -2.38. The van der Waals surface area contributed by atoms with Crippen LogP contribution >= 0.6 is 8.38 Å². The average Bonchev–Trinajstić information content (AvgIpc) is 3.65. The molecule has 1 aromatic heterocycles. The van der Waals surface area contributed by atoms with Crippen LogP contribution in [0.3, 0.4) is 0 Å². The fourth-order valence-corrected chi connectivity index (χ4v) is 6.59. The Morgan fingerprint density at radius 2 is 1.79 bits per heavy atom. The summed E-state index contributed by atoms with van der Waals surface area (Å²) < 4.78 is 16.7. The van der Waals surface area contributed by atoms with Gasteiger partial charge in [0.15, 0.2) is 14.1 Å². The predicted molar refractivity (Wildman–Crippen MR) is 196 cm³/mol. The van der Waals surface area contributed by atoms with Crippen LogP contribution in [0.5, 0.6) is 5.75 Å². The number of morpholine rings is 1. The van der Waals surface area contributed by atoms with Gasteiger partial charge in [-0.25, -0.2) is 4.79 Å². The number of carbonyl (C=O) groups is 4. The van der Waals surface area contributed by atoms with Crippen molar-refractivity contribution in [3.63, 3.8) is 0 Å². The van der Waals surface area contributed by atoms with E-state index in [1.807, 2.05) is 26.0 Å². The Morgan fingerprint density at radius 3 is 2.44 bits per heavy atom. The van der Waals surface area contributed by atoms with Crippen molar-refractivity contribution in [2.75, 3.05) is 44.5 Å². The van der Waals surface area contributed by atoms with E-state index in [2.05, 4.69) is 15.5 Å². The lowest BCUT2D eigenvalue weighted by Gasteiger charge is -2.32. The molecule has 1 aliphatic rings.